The lowest BCUT2D eigenvalue weighted by molar-refractivity contribution is -0.126. The molecule has 4 rings (SSSR count). The highest BCUT2D eigenvalue weighted by Crippen LogP contribution is 2.53. The number of hydrogen-bond acceptors (Lipinski definition) is 3. The van der Waals surface area contributed by atoms with Gasteiger partial charge in [-0.3, -0.25) is 0 Å². The SMILES string of the molecule is COc1ccc(Br)c(NC(=O)N2CCOC3(CC4CCC3C4)C2)c1. The molecule has 3 fully saturated rings. The molecule has 2 saturated carbocycles. The molecule has 130 valence electrons. The van der Waals surface area contributed by atoms with Crippen LogP contribution in [0, 0.1) is 11.8 Å². The van der Waals surface area contributed by atoms with E-state index in [0.29, 0.717) is 25.6 Å². The summed E-state index contributed by atoms with van der Waals surface area (Å²) < 4.78 is 12.3. The Morgan fingerprint density at radius 3 is 3.04 bits per heavy atom. The topological polar surface area (TPSA) is 50.8 Å². The predicted octanol–water partition coefficient (Wildman–Crippen LogP) is 3.88. The number of fused-ring (bicyclic) bond motifs is 3. The van der Waals surface area contributed by atoms with E-state index in [2.05, 4.69) is 21.2 Å². The molecule has 1 spiro atoms. The molecule has 1 aromatic rings. The van der Waals surface area contributed by atoms with Gasteiger partial charge in [0.1, 0.15) is 5.75 Å². The standard InChI is InChI=1S/C18H23BrN2O3/c1-23-14-4-5-15(19)16(9-14)20-17(22)21-6-7-24-18(11-21)10-12-2-3-13(18)8-12/h4-5,9,12-13H,2-3,6-8,10-11H2,1H3,(H,20,22). The highest BCUT2D eigenvalue weighted by Gasteiger charge is 2.54. The van der Waals surface area contributed by atoms with Crippen molar-refractivity contribution in [3.05, 3.63) is 22.7 Å². The summed E-state index contributed by atoms with van der Waals surface area (Å²) in [4.78, 5) is 14.7. The highest BCUT2D eigenvalue weighted by atomic mass is 79.9. The average molecular weight is 395 g/mol. The van der Waals surface area contributed by atoms with E-state index in [1.54, 1.807) is 7.11 Å². The molecule has 1 heterocycles. The largest absolute Gasteiger partial charge is 0.497 e. The van der Waals surface area contributed by atoms with Crippen LogP contribution in [0.1, 0.15) is 25.7 Å². The van der Waals surface area contributed by atoms with Gasteiger partial charge in [-0.1, -0.05) is 0 Å². The number of ether oxygens (including phenoxy) is 2. The normalized spacial score (nSPS) is 31.5. The van der Waals surface area contributed by atoms with E-state index in [1.807, 2.05) is 23.1 Å². The lowest BCUT2D eigenvalue weighted by Gasteiger charge is -2.45. The number of urea groups is 1. The fraction of sp³-hybridized carbons (Fsp3) is 0.611. The zero-order valence-corrected chi connectivity index (χ0v) is 15.5. The Balaban J connectivity index is 1.47. The summed E-state index contributed by atoms with van der Waals surface area (Å²) in [6, 6.07) is 5.51. The number of halogens is 1. The third-order valence-corrected chi connectivity index (χ3v) is 6.52. The molecule has 2 aliphatic carbocycles. The number of anilines is 1. The Bertz CT molecular complexity index is 653. The van der Waals surface area contributed by atoms with Crippen LogP contribution >= 0.6 is 15.9 Å². The number of methoxy groups -OCH3 is 1. The van der Waals surface area contributed by atoms with Crippen LogP contribution in [-0.4, -0.2) is 43.3 Å². The van der Waals surface area contributed by atoms with Gasteiger partial charge in [-0.2, -0.15) is 0 Å². The Labute approximate surface area is 150 Å². The highest BCUT2D eigenvalue weighted by molar-refractivity contribution is 9.10. The number of carbonyl (C=O) groups excluding carboxylic acids is 1. The number of nitrogens with one attached hydrogen (secondary N) is 1. The molecule has 1 saturated heterocycles. The summed E-state index contributed by atoms with van der Waals surface area (Å²) in [5, 5.41) is 3.01. The van der Waals surface area contributed by atoms with E-state index in [0.717, 1.165) is 28.2 Å². The molecular weight excluding hydrogens is 372 g/mol. The van der Waals surface area contributed by atoms with Crippen molar-refractivity contribution in [2.24, 2.45) is 11.8 Å². The summed E-state index contributed by atoms with van der Waals surface area (Å²) in [5.41, 5.74) is 0.636. The van der Waals surface area contributed by atoms with Crippen molar-refractivity contribution in [1.82, 2.24) is 4.90 Å². The van der Waals surface area contributed by atoms with Crippen LogP contribution in [0.2, 0.25) is 0 Å². The number of benzene rings is 1. The third kappa shape index (κ3) is 2.80. The van der Waals surface area contributed by atoms with Gasteiger partial charge in [0.05, 0.1) is 31.5 Å². The molecule has 1 aromatic carbocycles. The van der Waals surface area contributed by atoms with Gasteiger partial charge in [0.2, 0.25) is 0 Å². The molecular formula is C18H23BrN2O3. The van der Waals surface area contributed by atoms with Gasteiger partial charge in [0.25, 0.3) is 0 Å². The molecule has 5 nitrogen and oxygen atoms in total. The number of amides is 2. The Morgan fingerprint density at radius 2 is 2.33 bits per heavy atom. The molecule has 3 unspecified atom stereocenters. The smallest absolute Gasteiger partial charge is 0.322 e. The van der Waals surface area contributed by atoms with Crippen LogP contribution in [0.5, 0.6) is 5.75 Å². The lowest BCUT2D eigenvalue weighted by Crippen LogP contribution is -2.57. The molecule has 0 aromatic heterocycles. The number of hydrogen-bond donors (Lipinski definition) is 1. The van der Waals surface area contributed by atoms with E-state index in [1.165, 1.54) is 19.3 Å². The summed E-state index contributed by atoms with van der Waals surface area (Å²) >= 11 is 3.48. The minimum atomic E-state index is -0.0931. The molecule has 2 amide bonds. The first-order valence-corrected chi connectivity index (χ1v) is 9.42. The third-order valence-electron chi connectivity index (χ3n) is 5.83. The number of nitrogens with zero attached hydrogens (tertiary/aromatic N) is 1. The number of morpholine rings is 1. The van der Waals surface area contributed by atoms with Crippen molar-refractivity contribution in [2.45, 2.75) is 31.3 Å². The Morgan fingerprint density at radius 1 is 1.46 bits per heavy atom. The van der Waals surface area contributed by atoms with Crippen molar-refractivity contribution in [3.8, 4) is 5.75 Å². The zero-order valence-electron chi connectivity index (χ0n) is 13.9. The van der Waals surface area contributed by atoms with E-state index in [-0.39, 0.29) is 11.6 Å². The fourth-order valence-corrected chi connectivity index (χ4v) is 5.01. The zero-order chi connectivity index (χ0) is 16.7. The molecule has 1 aliphatic heterocycles. The van der Waals surface area contributed by atoms with Gasteiger partial charge in [-0.15, -0.1) is 0 Å². The predicted molar refractivity (Wildman–Crippen MR) is 95.4 cm³/mol. The van der Waals surface area contributed by atoms with Crippen LogP contribution in [0.4, 0.5) is 10.5 Å². The van der Waals surface area contributed by atoms with Crippen molar-refractivity contribution < 1.29 is 14.3 Å². The molecule has 6 heteroatoms. The second kappa shape index (κ2) is 6.23. The van der Waals surface area contributed by atoms with Gasteiger partial charge in [-0.05, 0) is 65.6 Å². The fourth-order valence-electron chi connectivity index (χ4n) is 4.67. The first-order valence-electron chi connectivity index (χ1n) is 8.63. The second-order valence-electron chi connectivity index (χ2n) is 7.19. The van der Waals surface area contributed by atoms with E-state index < -0.39 is 0 Å². The number of carbonyl (C=O) groups is 1. The van der Waals surface area contributed by atoms with Gasteiger partial charge in [0.15, 0.2) is 0 Å². The maximum atomic E-state index is 12.8. The summed E-state index contributed by atoms with van der Waals surface area (Å²) in [6.07, 6.45) is 4.97. The minimum absolute atomic E-state index is 0.0607. The first kappa shape index (κ1) is 16.2. The van der Waals surface area contributed by atoms with Crippen LogP contribution < -0.4 is 10.1 Å². The first-order chi connectivity index (χ1) is 11.6. The van der Waals surface area contributed by atoms with Gasteiger partial charge < -0.3 is 19.7 Å². The minimum Gasteiger partial charge on any atom is -0.497 e. The maximum absolute atomic E-state index is 12.8. The molecule has 3 aliphatic rings. The van der Waals surface area contributed by atoms with Gasteiger partial charge in [-0.25, -0.2) is 4.79 Å². The van der Waals surface area contributed by atoms with Crippen molar-refractivity contribution in [1.29, 1.82) is 0 Å². The lowest BCUT2D eigenvalue weighted by atomic mass is 9.83. The molecule has 3 atom stereocenters. The van der Waals surface area contributed by atoms with Crippen LogP contribution in [0.25, 0.3) is 0 Å². The molecule has 1 N–H and O–H groups in total. The molecule has 24 heavy (non-hydrogen) atoms. The van der Waals surface area contributed by atoms with E-state index in [4.69, 9.17) is 9.47 Å². The Hall–Kier alpha value is -1.27. The average Bonchev–Trinajstić information content (AvgIpc) is 3.18. The van der Waals surface area contributed by atoms with Crippen LogP contribution in [0.3, 0.4) is 0 Å². The Kier molecular flexibility index (Phi) is 4.21. The monoisotopic (exact) mass is 394 g/mol. The van der Waals surface area contributed by atoms with Gasteiger partial charge >= 0.3 is 6.03 Å². The van der Waals surface area contributed by atoms with E-state index in [9.17, 15) is 4.79 Å². The van der Waals surface area contributed by atoms with Crippen LogP contribution in [0.15, 0.2) is 22.7 Å². The second-order valence-corrected chi connectivity index (χ2v) is 8.05. The van der Waals surface area contributed by atoms with Crippen molar-refractivity contribution >= 4 is 27.6 Å². The summed E-state index contributed by atoms with van der Waals surface area (Å²) in [5.74, 6) is 2.15. The molecule has 2 bridgehead atoms. The van der Waals surface area contributed by atoms with Crippen LogP contribution in [-0.2, 0) is 4.74 Å². The van der Waals surface area contributed by atoms with Crippen molar-refractivity contribution in [3.63, 3.8) is 0 Å². The van der Waals surface area contributed by atoms with Crippen molar-refractivity contribution in [2.75, 3.05) is 32.1 Å². The quantitative estimate of drug-likeness (QED) is 0.827. The maximum Gasteiger partial charge on any atom is 0.322 e. The number of rotatable bonds is 2. The van der Waals surface area contributed by atoms with Gasteiger partial charge in [0, 0.05) is 17.1 Å². The molecule has 0 radical (unpaired) electrons. The van der Waals surface area contributed by atoms with E-state index >= 15 is 0 Å². The summed E-state index contributed by atoms with van der Waals surface area (Å²) in [6.45, 7) is 1.99. The summed E-state index contributed by atoms with van der Waals surface area (Å²) in [7, 11) is 1.62.